The first-order valence-electron chi connectivity index (χ1n) is 4.81. The van der Waals surface area contributed by atoms with Crippen LogP contribution in [0, 0.1) is 6.92 Å². The van der Waals surface area contributed by atoms with Gasteiger partial charge in [0.1, 0.15) is 6.54 Å². The van der Waals surface area contributed by atoms with Crippen LogP contribution in [0.1, 0.15) is 16.1 Å². The lowest BCUT2D eigenvalue weighted by molar-refractivity contribution is -0.140. The van der Waals surface area contributed by atoms with Gasteiger partial charge in [-0.15, -0.1) is 11.6 Å². The van der Waals surface area contributed by atoms with E-state index in [0.29, 0.717) is 10.5 Å². The number of furan rings is 1. The molecule has 0 fully saturated rings. The fraction of sp³-hybridized carbons (Fsp3) is 0.500. The van der Waals surface area contributed by atoms with Crippen LogP contribution in [0.5, 0.6) is 0 Å². The van der Waals surface area contributed by atoms with Crippen LogP contribution in [0.25, 0.3) is 0 Å². The Morgan fingerprint density at radius 1 is 1.53 bits per heavy atom. The van der Waals surface area contributed by atoms with Crippen molar-refractivity contribution >= 4 is 17.5 Å². The summed E-state index contributed by atoms with van der Waals surface area (Å²) in [4.78, 5) is 12.4. The van der Waals surface area contributed by atoms with Gasteiger partial charge in [0.2, 0.25) is 0 Å². The van der Waals surface area contributed by atoms with Crippen LogP contribution in [0.3, 0.4) is 0 Å². The average Bonchev–Trinajstić information content (AvgIpc) is 2.61. The summed E-state index contributed by atoms with van der Waals surface area (Å²) in [5.41, 5.74) is 0.497. The number of carbonyl (C=O) groups is 1. The van der Waals surface area contributed by atoms with Gasteiger partial charge in [-0.2, -0.15) is 13.2 Å². The monoisotopic (exact) mass is 269 g/mol. The first-order valence-corrected chi connectivity index (χ1v) is 5.34. The lowest BCUT2D eigenvalue weighted by Crippen LogP contribution is -2.40. The fourth-order valence-electron chi connectivity index (χ4n) is 1.31. The third-order valence-electron chi connectivity index (χ3n) is 2.07. The van der Waals surface area contributed by atoms with E-state index in [4.69, 9.17) is 16.0 Å². The van der Waals surface area contributed by atoms with Crippen molar-refractivity contribution in [2.24, 2.45) is 0 Å². The molecule has 7 heteroatoms. The molecule has 1 rings (SSSR count). The minimum absolute atomic E-state index is 0.0679. The standard InChI is InChI=1S/C10H11ClF3NO2/c1-7-2-5-17-8(7)9(16)15(4-3-11)6-10(12,13)14/h2,5H,3-4,6H2,1H3. The SMILES string of the molecule is Cc1ccoc1C(=O)N(CCCl)CC(F)(F)F. The highest BCUT2D eigenvalue weighted by molar-refractivity contribution is 6.18. The van der Waals surface area contributed by atoms with Crippen molar-refractivity contribution in [3.8, 4) is 0 Å². The summed E-state index contributed by atoms with van der Waals surface area (Å²) < 4.78 is 41.7. The lowest BCUT2D eigenvalue weighted by atomic mass is 10.2. The van der Waals surface area contributed by atoms with Crippen molar-refractivity contribution in [2.45, 2.75) is 13.1 Å². The quantitative estimate of drug-likeness (QED) is 0.788. The summed E-state index contributed by atoms with van der Waals surface area (Å²) in [5, 5.41) is 0. The van der Waals surface area contributed by atoms with E-state index in [1.165, 1.54) is 12.3 Å². The normalized spacial score (nSPS) is 11.6. The maximum atomic E-state index is 12.3. The summed E-state index contributed by atoms with van der Waals surface area (Å²) >= 11 is 5.38. The molecule has 0 N–H and O–H groups in total. The van der Waals surface area contributed by atoms with Gasteiger partial charge in [0.25, 0.3) is 5.91 Å². The zero-order chi connectivity index (χ0) is 13.1. The maximum Gasteiger partial charge on any atom is 0.406 e. The number of halogens is 4. The molecule has 3 nitrogen and oxygen atoms in total. The molecule has 96 valence electrons. The third kappa shape index (κ3) is 3.96. The van der Waals surface area contributed by atoms with Crippen molar-refractivity contribution in [1.29, 1.82) is 0 Å². The molecule has 17 heavy (non-hydrogen) atoms. The molecule has 1 aromatic rings. The minimum atomic E-state index is -4.46. The molecule has 0 aliphatic rings. The highest BCUT2D eigenvalue weighted by Gasteiger charge is 2.34. The van der Waals surface area contributed by atoms with Gasteiger partial charge in [-0.3, -0.25) is 4.79 Å². The third-order valence-corrected chi connectivity index (χ3v) is 2.24. The molecule has 0 atom stereocenters. The van der Waals surface area contributed by atoms with Crippen molar-refractivity contribution in [3.63, 3.8) is 0 Å². The Morgan fingerprint density at radius 3 is 2.59 bits per heavy atom. The van der Waals surface area contributed by atoms with Gasteiger partial charge in [-0.05, 0) is 13.0 Å². The van der Waals surface area contributed by atoms with Crippen LogP contribution in [0.2, 0.25) is 0 Å². The summed E-state index contributed by atoms with van der Waals surface area (Å²) in [6.45, 7) is 0.0714. The van der Waals surface area contributed by atoms with Gasteiger partial charge in [-0.1, -0.05) is 0 Å². The Hall–Kier alpha value is -1.17. The smallest absolute Gasteiger partial charge is 0.406 e. The van der Waals surface area contributed by atoms with Gasteiger partial charge in [-0.25, -0.2) is 0 Å². The van der Waals surface area contributed by atoms with Gasteiger partial charge in [0.15, 0.2) is 5.76 Å². The summed E-state index contributed by atoms with van der Waals surface area (Å²) in [6, 6.07) is 1.51. The van der Waals surface area contributed by atoms with Gasteiger partial charge >= 0.3 is 6.18 Å². The average molecular weight is 270 g/mol. The molecule has 0 unspecified atom stereocenters. The number of hydrogen-bond acceptors (Lipinski definition) is 2. The zero-order valence-electron chi connectivity index (χ0n) is 9.05. The van der Waals surface area contributed by atoms with Crippen LogP contribution in [0.4, 0.5) is 13.2 Å². The lowest BCUT2D eigenvalue weighted by Gasteiger charge is -2.22. The highest BCUT2D eigenvalue weighted by atomic mass is 35.5. The number of carbonyl (C=O) groups excluding carboxylic acids is 1. The first-order chi connectivity index (χ1) is 7.85. The largest absolute Gasteiger partial charge is 0.459 e. The van der Waals surface area contributed by atoms with Crippen molar-refractivity contribution in [1.82, 2.24) is 4.90 Å². The Labute approximate surface area is 101 Å². The van der Waals surface area contributed by atoms with E-state index in [9.17, 15) is 18.0 Å². The molecular formula is C10H11ClF3NO2. The Kier molecular flexibility index (Phi) is 4.45. The number of alkyl halides is 4. The highest BCUT2D eigenvalue weighted by Crippen LogP contribution is 2.19. The first kappa shape index (κ1) is 13.9. The predicted octanol–water partition coefficient (Wildman–Crippen LogP) is 2.83. The second-order valence-corrected chi connectivity index (χ2v) is 3.84. The molecule has 0 bridgehead atoms. The molecule has 0 aromatic carbocycles. The molecular weight excluding hydrogens is 259 g/mol. The van der Waals surface area contributed by atoms with Crippen molar-refractivity contribution in [2.75, 3.05) is 19.0 Å². The molecule has 0 aliphatic carbocycles. The Morgan fingerprint density at radius 2 is 2.18 bits per heavy atom. The number of nitrogens with zero attached hydrogens (tertiary/aromatic N) is 1. The van der Waals surface area contributed by atoms with E-state index in [1.54, 1.807) is 6.92 Å². The molecule has 0 saturated heterocycles. The zero-order valence-corrected chi connectivity index (χ0v) is 9.81. The van der Waals surface area contributed by atoms with Crippen molar-refractivity contribution < 1.29 is 22.4 Å². The van der Waals surface area contributed by atoms with Crippen molar-refractivity contribution in [3.05, 3.63) is 23.7 Å². The minimum Gasteiger partial charge on any atom is -0.459 e. The Bertz CT molecular complexity index is 389. The second-order valence-electron chi connectivity index (χ2n) is 3.46. The van der Waals surface area contributed by atoms with E-state index >= 15 is 0 Å². The molecule has 0 saturated carbocycles. The summed E-state index contributed by atoms with van der Waals surface area (Å²) in [5.74, 6) is -0.952. The predicted molar refractivity (Wildman–Crippen MR) is 56.1 cm³/mol. The van der Waals surface area contributed by atoms with Gasteiger partial charge in [0, 0.05) is 18.0 Å². The molecule has 0 spiro atoms. The number of hydrogen-bond donors (Lipinski definition) is 0. The summed E-state index contributed by atoms with van der Waals surface area (Å²) in [6.07, 6.45) is -3.20. The van der Waals surface area contributed by atoms with E-state index in [0.717, 1.165) is 0 Å². The van der Waals surface area contributed by atoms with Crippen LogP contribution in [-0.2, 0) is 0 Å². The van der Waals surface area contributed by atoms with E-state index in [1.807, 2.05) is 0 Å². The second kappa shape index (κ2) is 5.44. The van der Waals surface area contributed by atoms with Crippen LogP contribution < -0.4 is 0 Å². The van der Waals surface area contributed by atoms with E-state index < -0.39 is 18.6 Å². The molecule has 0 aliphatic heterocycles. The van der Waals surface area contributed by atoms with Gasteiger partial charge < -0.3 is 9.32 Å². The topological polar surface area (TPSA) is 33.5 Å². The number of rotatable bonds is 4. The van der Waals surface area contributed by atoms with E-state index in [-0.39, 0.29) is 18.2 Å². The van der Waals surface area contributed by atoms with Crippen LogP contribution in [0.15, 0.2) is 16.7 Å². The van der Waals surface area contributed by atoms with Crippen LogP contribution >= 0.6 is 11.6 Å². The summed E-state index contributed by atoms with van der Waals surface area (Å²) in [7, 11) is 0. The molecule has 1 amide bonds. The number of amides is 1. The van der Waals surface area contributed by atoms with Gasteiger partial charge in [0.05, 0.1) is 6.26 Å². The molecule has 1 heterocycles. The Balaban J connectivity index is 2.84. The fourth-order valence-corrected chi connectivity index (χ4v) is 1.51. The molecule has 0 radical (unpaired) electrons. The molecule has 1 aromatic heterocycles. The maximum absolute atomic E-state index is 12.3. The number of aryl methyl sites for hydroxylation is 1. The van der Waals surface area contributed by atoms with E-state index in [2.05, 4.69) is 0 Å². The van der Waals surface area contributed by atoms with Crippen LogP contribution in [-0.4, -0.2) is 36.0 Å².